The molecule has 0 aromatic carbocycles. The van der Waals surface area contributed by atoms with E-state index in [-0.39, 0.29) is 30.8 Å². The summed E-state index contributed by atoms with van der Waals surface area (Å²) in [5.41, 5.74) is 0. The van der Waals surface area contributed by atoms with Crippen molar-refractivity contribution >= 4 is 17.9 Å². The van der Waals surface area contributed by atoms with Crippen LogP contribution in [0.5, 0.6) is 0 Å². The second kappa shape index (κ2) is 8.49. The molecule has 2 N–H and O–H groups in total. The van der Waals surface area contributed by atoms with Crippen LogP contribution in [0, 0.1) is 5.92 Å². The van der Waals surface area contributed by atoms with Crippen LogP contribution in [0.3, 0.4) is 0 Å². The van der Waals surface area contributed by atoms with Crippen molar-refractivity contribution in [1.29, 1.82) is 0 Å². The summed E-state index contributed by atoms with van der Waals surface area (Å²) in [5.74, 6) is -0.650. The maximum atomic E-state index is 12.0. The van der Waals surface area contributed by atoms with Gasteiger partial charge in [-0.15, -0.1) is 0 Å². The van der Waals surface area contributed by atoms with Gasteiger partial charge < -0.3 is 20.2 Å². The van der Waals surface area contributed by atoms with E-state index in [2.05, 4.69) is 5.32 Å². The number of hydrogen-bond donors (Lipinski definition) is 2. The lowest BCUT2D eigenvalue weighted by molar-refractivity contribution is -0.137. The standard InChI is InChI=1S/C14H25N3O4/c1-3-16(4-2)12(18)9-15-14(21)17-8-7-11(10-17)5-6-13(19)20/h11H,3-10H2,1-2H3,(H,15,21)(H,19,20). The van der Waals surface area contributed by atoms with Crippen molar-refractivity contribution in [2.45, 2.75) is 33.1 Å². The number of likely N-dealkylation sites (tertiary alicyclic amines) is 1. The van der Waals surface area contributed by atoms with Crippen molar-refractivity contribution in [2.75, 3.05) is 32.7 Å². The van der Waals surface area contributed by atoms with Gasteiger partial charge in [0.05, 0.1) is 6.54 Å². The van der Waals surface area contributed by atoms with Gasteiger partial charge in [0.1, 0.15) is 0 Å². The predicted molar refractivity (Wildman–Crippen MR) is 77.9 cm³/mol. The van der Waals surface area contributed by atoms with Gasteiger partial charge in [0, 0.05) is 32.6 Å². The number of aliphatic carboxylic acids is 1. The minimum atomic E-state index is -0.803. The van der Waals surface area contributed by atoms with Crippen molar-refractivity contribution in [1.82, 2.24) is 15.1 Å². The molecule has 0 radical (unpaired) electrons. The first-order valence-corrected chi connectivity index (χ1v) is 7.50. The summed E-state index contributed by atoms with van der Waals surface area (Å²) in [7, 11) is 0. The monoisotopic (exact) mass is 299 g/mol. The van der Waals surface area contributed by atoms with Crippen molar-refractivity contribution in [3.8, 4) is 0 Å². The molecule has 1 aliphatic heterocycles. The number of carboxylic acids is 1. The van der Waals surface area contributed by atoms with Crippen molar-refractivity contribution in [3.05, 3.63) is 0 Å². The molecule has 120 valence electrons. The summed E-state index contributed by atoms with van der Waals surface area (Å²) in [6.07, 6.45) is 1.56. The highest BCUT2D eigenvalue weighted by Crippen LogP contribution is 2.20. The summed E-state index contributed by atoms with van der Waals surface area (Å²) in [4.78, 5) is 37.6. The summed E-state index contributed by atoms with van der Waals surface area (Å²) in [6.45, 7) is 6.26. The molecule has 0 aromatic heterocycles. The number of rotatable bonds is 7. The molecule has 1 heterocycles. The number of carbonyl (C=O) groups excluding carboxylic acids is 2. The Morgan fingerprint density at radius 1 is 1.29 bits per heavy atom. The molecule has 1 saturated heterocycles. The molecular formula is C14H25N3O4. The molecule has 1 unspecified atom stereocenters. The second-order valence-corrected chi connectivity index (χ2v) is 5.26. The van der Waals surface area contributed by atoms with Crippen LogP contribution in [0.4, 0.5) is 4.79 Å². The van der Waals surface area contributed by atoms with E-state index in [9.17, 15) is 14.4 Å². The highest BCUT2D eigenvalue weighted by molar-refractivity contribution is 5.84. The minimum Gasteiger partial charge on any atom is -0.481 e. The van der Waals surface area contributed by atoms with Gasteiger partial charge in [0.15, 0.2) is 0 Å². The first kappa shape index (κ1) is 17.3. The van der Waals surface area contributed by atoms with Gasteiger partial charge in [-0.3, -0.25) is 9.59 Å². The Bertz CT molecular complexity index is 382. The van der Waals surface area contributed by atoms with Crippen molar-refractivity contribution in [2.24, 2.45) is 5.92 Å². The minimum absolute atomic E-state index is 0.0107. The van der Waals surface area contributed by atoms with E-state index in [0.29, 0.717) is 32.6 Å². The molecule has 7 heteroatoms. The fourth-order valence-corrected chi connectivity index (χ4v) is 2.53. The van der Waals surface area contributed by atoms with Gasteiger partial charge in [-0.1, -0.05) is 0 Å². The average Bonchev–Trinajstić information content (AvgIpc) is 2.92. The number of nitrogens with zero attached hydrogens (tertiary/aromatic N) is 2. The van der Waals surface area contributed by atoms with Crippen LogP contribution in [0.1, 0.15) is 33.1 Å². The van der Waals surface area contributed by atoms with E-state index in [4.69, 9.17) is 5.11 Å². The summed E-state index contributed by atoms with van der Waals surface area (Å²) in [5, 5.41) is 11.3. The molecular weight excluding hydrogens is 274 g/mol. The molecule has 1 atom stereocenters. The zero-order valence-electron chi connectivity index (χ0n) is 12.8. The smallest absolute Gasteiger partial charge is 0.317 e. The Morgan fingerprint density at radius 2 is 1.95 bits per heavy atom. The van der Waals surface area contributed by atoms with E-state index in [1.165, 1.54) is 0 Å². The molecule has 1 fully saturated rings. The zero-order chi connectivity index (χ0) is 15.8. The zero-order valence-corrected chi connectivity index (χ0v) is 12.8. The van der Waals surface area contributed by atoms with Gasteiger partial charge in [0.2, 0.25) is 5.91 Å². The summed E-state index contributed by atoms with van der Waals surface area (Å²) < 4.78 is 0. The van der Waals surface area contributed by atoms with Gasteiger partial charge in [0.25, 0.3) is 0 Å². The van der Waals surface area contributed by atoms with Crippen LogP contribution in [0.15, 0.2) is 0 Å². The van der Waals surface area contributed by atoms with Crippen LogP contribution in [0.2, 0.25) is 0 Å². The SMILES string of the molecule is CCN(CC)C(=O)CNC(=O)N1CCC(CCC(=O)O)C1. The molecule has 0 aliphatic carbocycles. The number of urea groups is 1. The van der Waals surface area contributed by atoms with Crippen molar-refractivity contribution < 1.29 is 19.5 Å². The first-order chi connectivity index (χ1) is 9.97. The number of amides is 3. The van der Waals surface area contributed by atoms with E-state index < -0.39 is 5.97 Å². The molecule has 0 saturated carbocycles. The summed E-state index contributed by atoms with van der Waals surface area (Å²) in [6, 6.07) is -0.242. The Kier molecular flexibility index (Phi) is 6.98. The number of likely N-dealkylation sites (N-methyl/N-ethyl adjacent to an activating group) is 1. The molecule has 3 amide bonds. The summed E-state index contributed by atoms with van der Waals surface area (Å²) >= 11 is 0. The maximum absolute atomic E-state index is 12.0. The number of carbonyl (C=O) groups is 3. The van der Waals surface area contributed by atoms with E-state index >= 15 is 0 Å². The number of carboxylic acid groups (broad SMARTS) is 1. The molecule has 0 spiro atoms. The molecule has 1 rings (SSSR count). The lowest BCUT2D eigenvalue weighted by Crippen LogP contribution is -2.44. The average molecular weight is 299 g/mol. The fourth-order valence-electron chi connectivity index (χ4n) is 2.53. The van der Waals surface area contributed by atoms with Crippen LogP contribution < -0.4 is 5.32 Å². The molecule has 1 aliphatic rings. The quantitative estimate of drug-likeness (QED) is 0.726. The van der Waals surface area contributed by atoms with E-state index in [1.807, 2.05) is 13.8 Å². The predicted octanol–water partition coefficient (Wildman–Crippen LogP) is 0.751. The first-order valence-electron chi connectivity index (χ1n) is 7.50. The molecule has 0 aromatic rings. The van der Waals surface area contributed by atoms with E-state index in [1.54, 1.807) is 9.80 Å². The second-order valence-electron chi connectivity index (χ2n) is 5.26. The number of hydrogen-bond acceptors (Lipinski definition) is 3. The molecule has 7 nitrogen and oxygen atoms in total. The molecule has 21 heavy (non-hydrogen) atoms. The highest BCUT2D eigenvalue weighted by atomic mass is 16.4. The maximum Gasteiger partial charge on any atom is 0.317 e. The Labute approximate surface area is 125 Å². The Hall–Kier alpha value is -1.79. The fraction of sp³-hybridized carbons (Fsp3) is 0.786. The van der Waals surface area contributed by atoms with Gasteiger partial charge in [-0.2, -0.15) is 0 Å². The normalized spacial score (nSPS) is 17.6. The third-order valence-corrected chi connectivity index (χ3v) is 3.85. The Balaban J connectivity index is 2.30. The van der Waals surface area contributed by atoms with Crippen LogP contribution in [0.25, 0.3) is 0 Å². The van der Waals surface area contributed by atoms with Crippen molar-refractivity contribution in [3.63, 3.8) is 0 Å². The van der Waals surface area contributed by atoms with E-state index in [0.717, 1.165) is 6.42 Å². The largest absolute Gasteiger partial charge is 0.481 e. The van der Waals surface area contributed by atoms with Gasteiger partial charge >= 0.3 is 12.0 Å². The lowest BCUT2D eigenvalue weighted by Gasteiger charge is -2.21. The van der Waals surface area contributed by atoms with Gasteiger partial charge in [-0.05, 0) is 32.6 Å². The van der Waals surface area contributed by atoms with Crippen LogP contribution in [-0.2, 0) is 9.59 Å². The molecule has 0 bridgehead atoms. The lowest BCUT2D eigenvalue weighted by atomic mass is 10.0. The third-order valence-electron chi connectivity index (χ3n) is 3.85. The van der Waals surface area contributed by atoms with Crippen LogP contribution >= 0.6 is 0 Å². The van der Waals surface area contributed by atoms with Gasteiger partial charge in [-0.25, -0.2) is 4.79 Å². The van der Waals surface area contributed by atoms with Crippen LogP contribution in [-0.4, -0.2) is 65.5 Å². The third kappa shape index (κ3) is 5.61. The number of nitrogens with one attached hydrogen (secondary N) is 1. The Morgan fingerprint density at radius 3 is 2.52 bits per heavy atom. The topological polar surface area (TPSA) is 90.0 Å². The highest BCUT2D eigenvalue weighted by Gasteiger charge is 2.26.